The topological polar surface area (TPSA) is 29.1 Å². The summed E-state index contributed by atoms with van der Waals surface area (Å²) >= 11 is 4.87. The van der Waals surface area contributed by atoms with Gasteiger partial charge in [-0.25, -0.2) is 0 Å². The van der Waals surface area contributed by atoms with Gasteiger partial charge in [0.25, 0.3) is 5.91 Å². The van der Waals surface area contributed by atoms with Gasteiger partial charge in [0.05, 0.1) is 10.9 Å². The Kier molecular flexibility index (Phi) is 4.55. The molecule has 4 heteroatoms. The third kappa shape index (κ3) is 3.21. The van der Waals surface area contributed by atoms with Crippen LogP contribution >= 0.6 is 27.3 Å². The molecule has 1 heterocycles. The first kappa shape index (κ1) is 13.3. The Labute approximate surface area is 119 Å². The van der Waals surface area contributed by atoms with Crippen LogP contribution < -0.4 is 5.32 Å². The summed E-state index contributed by atoms with van der Waals surface area (Å²) in [6.45, 7) is 2.07. The lowest BCUT2D eigenvalue weighted by Gasteiger charge is -2.17. The number of benzene rings is 1. The molecule has 1 aromatic heterocycles. The Bertz CT molecular complexity index is 507. The Morgan fingerprint density at radius 3 is 2.61 bits per heavy atom. The molecule has 0 saturated heterocycles. The van der Waals surface area contributed by atoms with E-state index in [1.807, 2.05) is 41.8 Å². The zero-order valence-electron chi connectivity index (χ0n) is 10.0. The summed E-state index contributed by atoms with van der Waals surface area (Å²) < 4.78 is 1.05. The van der Waals surface area contributed by atoms with Gasteiger partial charge in [-0.15, -0.1) is 11.3 Å². The largest absolute Gasteiger partial charge is 0.345 e. The molecule has 1 aromatic carbocycles. The van der Waals surface area contributed by atoms with Crippen molar-refractivity contribution in [3.8, 4) is 0 Å². The van der Waals surface area contributed by atoms with Gasteiger partial charge >= 0.3 is 0 Å². The molecular formula is C14H14BrNOS. The third-order valence-corrected chi connectivity index (χ3v) is 4.13. The quantitative estimate of drug-likeness (QED) is 0.888. The van der Waals surface area contributed by atoms with Gasteiger partial charge in [-0.2, -0.15) is 0 Å². The highest BCUT2D eigenvalue weighted by Crippen LogP contribution is 2.20. The van der Waals surface area contributed by atoms with E-state index in [-0.39, 0.29) is 11.9 Å². The van der Waals surface area contributed by atoms with Crippen LogP contribution in [0.15, 0.2) is 46.3 Å². The number of rotatable bonds is 4. The minimum atomic E-state index is -0.000214. The average molecular weight is 324 g/mol. The lowest BCUT2D eigenvalue weighted by Crippen LogP contribution is -2.27. The zero-order valence-corrected chi connectivity index (χ0v) is 12.4. The molecule has 0 fully saturated rings. The predicted octanol–water partition coefficient (Wildman–Crippen LogP) is 4.39. The number of hydrogen-bond acceptors (Lipinski definition) is 2. The van der Waals surface area contributed by atoms with Crippen LogP contribution in [0.5, 0.6) is 0 Å². The molecule has 2 rings (SSSR count). The number of carbonyl (C=O) groups is 1. The molecule has 0 saturated carbocycles. The lowest BCUT2D eigenvalue weighted by molar-refractivity contribution is 0.0939. The van der Waals surface area contributed by atoms with E-state index in [0.29, 0.717) is 0 Å². The molecule has 94 valence electrons. The smallest absolute Gasteiger partial charge is 0.261 e. The molecule has 0 bridgehead atoms. The molecule has 0 radical (unpaired) electrons. The van der Waals surface area contributed by atoms with Crippen LogP contribution in [-0.4, -0.2) is 5.91 Å². The van der Waals surface area contributed by atoms with Gasteiger partial charge in [0.1, 0.15) is 0 Å². The van der Waals surface area contributed by atoms with Crippen LogP contribution in [0.2, 0.25) is 0 Å². The number of amides is 1. The fourth-order valence-electron chi connectivity index (χ4n) is 1.75. The number of hydrogen-bond donors (Lipinski definition) is 1. The van der Waals surface area contributed by atoms with Crippen molar-refractivity contribution in [1.82, 2.24) is 5.32 Å². The van der Waals surface area contributed by atoms with Crippen molar-refractivity contribution in [1.29, 1.82) is 0 Å². The first-order valence-electron chi connectivity index (χ1n) is 5.80. The fourth-order valence-corrected chi connectivity index (χ4v) is 2.64. The number of halogens is 1. The van der Waals surface area contributed by atoms with Crippen molar-refractivity contribution in [2.24, 2.45) is 0 Å². The highest BCUT2D eigenvalue weighted by atomic mass is 79.9. The Morgan fingerprint density at radius 2 is 2.06 bits per heavy atom. The number of nitrogens with one attached hydrogen (secondary N) is 1. The normalized spacial score (nSPS) is 12.1. The molecule has 2 aromatic rings. The zero-order chi connectivity index (χ0) is 13.0. The summed E-state index contributed by atoms with van der Waals surface area (Å²) in [4.78, 5) is 12.8. The minimum absolute atomic E-state index is 0.000214. The van der Waals surface area contributed by atoms with Gasteiger partial charge < -0.3 is 5.32 Å². The predicted molar refractivity (Wildman–Crippen MR) is 79.0 cm³/mol. The highest BCUT2D eigenvalue weighted by Gasteiger charge is 2.14. The first-order chi connectivity index (χ1) is 8.70. The summed E-state index contributed by atoms with van der Waals surface area (Å²) in [5.41, 5.74) is 1.13. The first-order valence-corrected chi connectivity index (χ1v) is 7.47. The molecule has 0 aliphatic heterocycles. The van der Waals surface area contributed by atoms with Gasteiger partial charge in [0.15, 0.2) is 0 Å². The van der Waals surface area contributed by atoms with Crippen molar-refractivity contribution in [2.45, 2.75) is 19.4 Å². The Morgan fingerprint density at radius 1 is 1.33 bits per heavy atom. The van der Waals surface area contributed by atoms with E-state index in [1.54, 1.807) is 0 Å². The van der Waals surface area contributed by atoms with Crippen LogP contribution in [0.4, 0.5) is 0 Å². The van der Waals surface area contributed by atoms with Crippen molar-refractivity contribution < 1.29 is 4.79 Å². The van der Waals surface area contributed by atoms with Crippen molar-refractivity contribution >= 4 is 33.2 Å². The summed E-state index contributed by atoms with van der Waals surface area (Å²) in [5, 5.41) is 4.97. The summed E-state index contributed by atoms with van der Waals surface area (Å²) in [6.07, 6.45) is 0.874. The SMILES string of the molecule is CCC(NC(=O)c1cccs1)c1ccc(Br)cc1. The van der Waals surface area contributed by atoms with E-state index < -0.39 is 0 Å². The fraction of sp³-hybridized carbons (Fsp3) is 0.214. The van der Waals surface area contributed by atoms with Gasteiger partial charge in [-0.05, 0) is 35.6 Å². The highest BCUT2D eigenvalue weighted by molar-refractivity contribution is 9.10. The summed E-state index contributed by atoms with van der Waals surface area (Å²) in [6, 6.07) is 11.9. The standard InChI is InChI=1S/C14H14BrNOS/c1-2-12(10-5-7-11(15)8-6-10)16-14(17)13-4-3-9-18-13/h3-9,12H,2H2,1H3,(H,16,17). The Hall–Kier alpha value is -1.13. The van der Waals surface area contributed by atoms with Gasteiger partial charge in [0, 0.05) is 4.47 Å². The molecule has 1 atom stereocenters. The van der Waals surface area contributed by atoms with Gasteiger partial charge in [-0.3, -0.25) is 4.79 Å². The second-order valence-corrected chi connectivity index (χ2v) is 5.83. The summed E-state index contributed by atoms with van der Waals surface area (Å²) in [7, 11) is 0. The molecule has 0 aliphatic rings. The lowest BCUT2D eigenvalue weighted by atomic mass is 10.0. The molecule has 1 unspecified atom stereocenters. The Balaban J connectivity index is 2.10. The number of thiophene rings is 1. The second-order valence-electron chi connectivity index (χ2n) is 3.96. The number of carbonyl (C=O) groups excluding carboxylic acids is 1. The van der Waals surface area contributed by atoms with E-state index in [1.165, 1.54) is 11.3 Å². The van der Waals surface area contributed by atoms with Gasteiger partial charge in [0.2, 0.25) is 0 Å². The molecule has 0 spiro atoms. The van der Waals surface area contributed by atoms with Gasteiger partial charge in [-0.1, -0.05) is 41.1 Å². The van der Waals surface area contributed by atoms with E-state index >= 15 is 0 Å². The van der Waals surface area contributed by atoms with Crippen LogP contribution in [0, 0.1) is 0 Å². The van der Waals surface area contributed by atoms with E-state index in [4.69, 9.17) is 0 Å². The second kappa shape index (κ2) is 6.16. The van der Waals surface area contributed by atoms with Crippen molar-refractivity contribution in [2.75, 3.05) is 0 Å². The molecule has 18 heavy (non-hydrogen) atoms. The molecule has 1 N–H and O–H groups in total. The minimum Gasteiger partial charge on any atom is -0.345 e. The van der Waals surface area contributed by atoms with E-state index in [2.05, 4.69) is 28.2 Å². The van der Waals surface area contributed by atoms with Crippen LogP contribution in [0.1, 0.15) is 34.6 Å². The maximum atomic E-state index is 12.0. The molecule has 1 amide bonds. The van der Waals surface area contributed by atoms with E-state index in [0.717, 1.165) is 21.3 Å². The van der Waals surface area contributed by atoms with Crippen LogP contribution in [0.25, 0.3) is 0 Å². The van der Waals surface area contributed by atoms with Crippen molar-refractivity contribution in [3.05, 3.63) is 56.7 Å². The maximum absolute atomic E-state index is 12.0. The van der Waals surface area contributed by atoms with E-state index in [9.17, 15) is 4.79 Å². The molecule has 0 aliphatic carbocycles. The maximum Gasteiger partial charge on any atom is 0.261 e. The van der Waals surface area contributed by atoms with Crippen molar-refractivity contribution in [3.63, 3.8) is 0 Å². The average Bonchev–Trinajstić information content (AvgIpc) is 2.91. The third-order valence-electron chi connectivity index (χ3n) is 2.73. The van der Waals surface area contributed by atoms with Crippen LogP contribution in [-0.2, 0) is 0 Å². The monoisotopic (exact) mass is 323 g/mol. The van der Waals surface area contributed by atoms with Crippen LogP contribution in [0.3, 0.4) is 0 Å². The molecule has 2 nitrogen and oxygen atoms in total. The summed E-state index contributed by atoms with van der Waals surface area (Å²) in [5.74, 6) is -0.000214. The molecular weight excluding hydrogens is 310 g/mol.